The van der Waals surface area contributed by atoms with Crippen LogP contribution < -0.4 is 5.32 Å². The molecule has 0 radical (unpaired) electrons. The summed E-state index contributed by atoms with van der Waals surface area (Å²) < 4.78 is 5.25. The quantitative estimate of drug-likeness (QED) is 0.559. The topological polar surface area (TPSA) is 38.3 Å². The molecule has 0 saturated carbocycles. The highest BCUT2D eigenvalue weighted by atomic mass is 16.5. The van der Waals surface area contributed by atoms with E-state index in [1.54, 1.807) is 6.92 Å². The number of Topliss-reactive ketones (excluding diaryl/α,β-unsaturated/α-hetero) is 1. The zero-order chi connectivity index (χ0) is 7.40. The summed E-state index contributed by atoms with van der Waals surface area (Å²) in [5.41, 5.74) is 0. The average Bonchev–Trinajstić information content (AvgIpc) is 2.12. The molecule has 1 N–H and O–H groups in total. The maximum absolute atomic E-state index is 10.8. The first kappa shape index (κ1) is 7.69. The van der Waals surface area contributed by atoms with Crippen LogP contribution in [0.2, 0.25) is 0 Å². The summed E-state index contributed by atoms with van der Waals surface area (Å²) in [6.45, 7) is 3.91. The Morgan fingerprint density at radius 1 is 1.70 bits per heavy atom. The van der Waals surface area contributed by atoms with Crippen LogP contribution in [0.15, 0.2) is 0 Å². The van der Waals surface area contributed by atoms with Crippen molar-refractivity contribution >= 4 is 5.78 Å². The van der Waals surface area contributed by atoms with E-state index in [0.717, 1.165) is 13.0 Å². The second-order valence-electron chi connectivity index (χ2n) is 2.53. The minimum Gasteiger partial charge on any atom is -0.369 e. The number of ketones is 1. The molecule has 3 heteroatoms. The molecule has 1 heterocycles. The van der Waals surface area contributed by atoms with Gasteiger partial charge in [0.1, 0.15) is 6.10 Å². The number of carbonyl (C=O) groups is 1. The zero-order valence-electron chi connectivity index (χ0n) is 6.22. The maximum atomic E-state index is 10.8. The Morgan fingerprint density at radius 2 is 2.50 bits per heavy atom. The maximum Gasteiger partial charge on any atom is 0.159 e. The molecule has 0 amide bonds. The Balaban J connectivity index is 2.35. The van der Waals surface area contributed by atoms with Crippen molar-refractivity contribution in [2.75, 3.05) is 19.7 Å². The van der Waals surface area contributed by atoms with Gasteiger partial charge in [-0.3, -0.25) is 4.79 Å². The second kappa shape index (κ2) is 3.68. The van der Waals surface area contributed by atoms with Crippen LogP contribution in [0.4, 0.5) is 0 Å². The molecule has 1 aliphatic heterocycles. The number of rotatable bonds is 1. The summed E-state index contributed by atoms with van der Waals surface area (Å²) in [6, 6.07) is 0. The minimum absolute atomic E-state index is 0.120. The van der Waals surface area contributed by atoms with E-state index in [4.69, 9.17) is 4.74 Å². The standard InChI is InChI=1S/C7H13NO2/c1-6(9)7-5-8-3-2-4-10-7/h7-8H,2-5H2,1H3. The van der Waals surface area contributed by atoms with Crippen LogP contribution >= 0.6 is 0 Å². The summed E-state index contributed by atoms with van der Waals surface area (Å²) in [5, 5.41) is 3.13. The van der Waals surface area contributed by atoms with E-state index in [2.05, 4.69) is 5.32 Å². The van der Waals surface area contributed by atoms with Gasteiger partial charge in [-0.1, -0.05) is 0 Å². The number of carbonyl (C=O) groups excluding carboxylic acids is 1. The molecule has 10 heavy (non-hydrogen) atoms. The Kier molecular flexibility index (Phi) is 2.83. The SMILES string of the molecule is CC(=O)C1CNCCCO1. The molecule has 1 fully saturated rings. The summed E-state index contributed by atoms with van der Waals surface area (Å²) in [7, 11) is 0. The van der Waals surface area contributed by atoms with Gasteiger partial charge in [-0.05, 0) is 19.9 Å². The van der Waals surface area contributed by atoms with Crippen LogP contribution in [-0.4, -0.2) is 31.6 Å². The fraction of sp³-hybridized carbons (Fsp3) is 0.857. The first-order valence-corrected chi connectivity index (χ1v) is 3.63. The van der Waals surface area contributed by atoms with Gasteiger partial charge in [0, 0.05) is 13.2 Å². The van der Waals surface area contributed by atoms with Crippen molar-refractivity contribution in [1.82, 2.24) is 5.32 Å². The lowest BCUT2D eigenvalue weighted by atomic mass is 10.2. The first-order valence-electron chi connectivity index (χ1n) is 3.63. The van der Waals surface area contributed by atoms with E-state index in [1.165, 1.54) is 0 Å². The van der Waals surface area contributed by atoms with E-state index in [1.807, 2.05) is 0 Å². The highest BCUT2D eigenvalue weighted by Gasteiger charge is 2.15. The monoisotopic (exact) mass is 143 g/mol. The highest BCUT2D eigenvalue weighted by Crippen LogP contribution is 1.97. The van der Waals surface area contributed by atoms with Crippen LogP contribution in [0.1, 0.15) is 13.3 Å². The van der Waals surface area contributed by atoms with Gasteiger partial charge in [0.25, 0.3) is 0 Å². The lowest BCUT2D eigenvalue weighted by Gasteiger charge is -2.09. The highest BCUT2D eigenvalue weighted by molar-refractivity contribution is 5.80. The normalized spacial score (nSPS) is 27.5. The smallest absolute Gasteiger partial charge is 0.159 e. The molecule has 0 spiro atoms. The Morgan fingerprint density at radius 3 is 3.20 bits per heavy atom. The Hall–Kier alpha value is -0.410. The van der Waals surface area contributed by atoms with E-state index in [9.17, 15) is 4.79 Å². The van der Waals surface area contributed by atoms with E-state index in [0.29, 0.717) is 13.2 Å². The van der Waals surface area contributed by atoms with Crippen LogP contribution in [0, 0.1) is 0 Å². The van der Waals surface area contributed by atoms with Crippen molar-refractivity contribution in [1.29, 1.82) is 0 Å². The molecule has 1 aliphatic rings. The van der Waals surface area contributed by atoms with Crippen LogP contribution in [0.3, 0.4) is 0 Å². The first-order chi connectivity index (χ1) is 4.80. The Labute approximate surface area is 60.7 Å². The van der Waals surface area contributed by atoms with E-state index < -0.39 is 0 Å². The number of ether oxygens (including phenoxy) is 1. The van der Waals surface area contributed by atoms with Gasteiger partial charge in [0.2, 0.25) is 0 Å². The molecule has 0 aromatic rings. The Bertz CT molecular complexity index is 117. The van der Waals surface area contributed by atoms with Gasteiger partial charge < -0.3 is 10.1 Å². The van der Waals surface area contributed by atoms with Crippen molar-refractivity contribution in [3.63, 3.8) is 0 Å². The van der Waals surface area contributed by atoms with Gasteiger partial charge in [-0.25, -0.2) is 0 Å². The van der Waals surface area contributed by atoms with Gasteiger partial charge in [-0.2, -0.15) is 0 Å². The van der Waals surface area contributed by atoms with Crippen molar-refractivity contribution < 1.29 is 9.53 Å². The summed E-state index contributed by atoms with van der Waals surface area (Å²) in [5.74, 6) is 0.120. The summed E-state index contributed by atoms with van der Waals surface area (Å²) in [6.07, 6.45) is 0.798. The molecule has 1 unspecified atom stereocenters. The fourth-order valence-electron chi connectivity index (χ4n) is 0.976. The predicted octanol–water partition coefficient (Wildman–Crippen LogP) is -0.0461. The van der Waals surface area contributed by atoms with Crippen molar-refractivity contribution in [2.24, 2.45) is 0 Å². The predicted molar refractivity (Wildman–Crippen MR) is 37.9 cm³/mol. The third kappa shape index (κ3) is 2.08. The van der Waals surface area contributed by atoms with Crippen LogP contribution in [-0.2, 0) is 9.53 Å². The van der Waals surface area contributed by atoms with E-state index in [-0.39, 0.29) is 11.9 Å². The molecule has 1 rings (SSSR count). The molecule has 0 bridgehead atoms. The van der Waals surface area contributed by atoms with Gasteiger partial charge in [-0.15, -0.1) is 0 Å². The van der Waals surface area contributed by atoms with Gasteiger partial charge in [0.15, 0.2) is 5.78 Å². The van der Waals surface area contributed by atoms with Gasteiger partial charge >= 0.3 is 0 Å². The lowest BCUT2D eigenvalue weighted by Crippen LogP contribution is -2.31. The molecule has 3 nitrogen and oxygen atoms in total. The molecule has 0 aliphatic carbocycles. The third-order valence-corrected chi connectivity index (χ3v) is 1.60. The molecule has 1 atom stereocenters. The van der Waals surface area contributed by atoms with Crippen molar-refractivity contribution in [2.45, 2.75) is 19.4 Å². The third-order valence-electron chi connectivity index (χ3n) is 1.60. The second-order valence-corrected chi connectivity index (χ2v) is 2.53. The van der Waals surface area contributed by atoms with Crippen LogP contribution in [0.5, 0.6) is 0 Å². The molecule has 0 aromatic heterocycles. The number of hydrogen-bond acceptors (Lipinski definition) is 3. The van der Waals surface area contributed by atoms with Crippen molar-refractivity contribution in [3.8, 4) is 0 Å². The minimum atomic E-state index is -0.206. The number of nitrogens with one attached hydrogen (secondary N) is 1. The summed E-state index contributed by atoms with van der Waals surface area (Å²) in [4.78, 5) is 10.8. The molecular formula is C7H13NO2. The molecular weight excluding hydrogens is 130 g/mol. The molecule has 0 aromatic carbocycles. The largest absolute Gasteiger partial charge is 0.369 e. The fourth-order valence-corrected chi connectivity index (χ4v) is 0.976. The van der Waals surface area contributed by atoms with Crippen molar-refractivity contribution in [3.05, 3.63) is 0 Å². The average molecular weight is 143 g/mol. The summed E-state index contributed by atoms with van der Waals surface area (Å²) >= 11 is 0. The number of hydrogen-bond donors (Lipinski definition) is 1. The zero-order valence-corrected chi connectivity index (χ0v) is 6.22. The molecule has 1 saturated heterocycles. The molecule has 58 valence electrons. The lowest BCUT2D eigenvalue weighted by molar-refractivity contribution is -0.127. The van der Waals surface area contributed by atoms with Gasteiger partial charge in [0.05, 0.1) is 0 Å². The van der Waals surface area contributed by atoms with Crippen LogP contribution in [0.25, 0.3) is 0 Å². The van der Waals surface area contributed by atoms with E-state index >= 15 is 0 Å².